The average Bonchev–Trinajstić information content (AvgIpc) is 2.48. The van der Waals surface area contributed by atoms with Crippen molar-refractivity contribution in [2.75, 3.05) is 6.54 Å². The number of primary amides is 1. The second-order valence-corrected chi connectivity index (χ2v) is 7.96. The zero-order chi connectivity index (χ0) is 18.9. The molecule has 0 bridgehead atoms. The molecule has 0 saturated carbocycles. The van der Waals surface area contributed by atoms with E-state index in [1.165, 1.54) is 12.3 Å². The fraction of sp³-hybridized carbons (Fsp3) is 0.562. The maximum absolute atomic E-state index is 15.1. The number of hydrogen-bond acceptors (Lipinski definition) is 4. The summed E-state index contributed by atoms with van der Waals surface area (Å²) in [5.41, 5.74) is 4.73. The first-order valence-electron chi connectivity index (χ1n) is 7.78. The summed E-state index contributed by atoms with van der Waals surface area (Å²) in [5, 5.41) is 9.35. The van der Waals surface area contributed by atoms with Gasteiger partial charge >= 0.3 is 6.09 Å². The van der Waals surface area contributed by atoms with Crippen molar-refractivity contribution in [3.05, 3.63) is 22.3 Å². The van der Waals surface area contributed by atoms with Crippen LogP contribution in [0, 0.1) is 5.41 Å². The van der Waals surface area contributed by atoms with Crippen LogP contribution in [0.2, 0.25) is 0 Å². The molecule has 1 aliphatic heterocycles. The van der Waals surface area contributed by atoms with Crippen molar-refractivity contribution in [3.63, 3.8) is 0 Å². The van der Waals surface area contributed by atoms with Crippen molar-refractivity contribution in [3.8, 4) is 5.88 Å². The first kappa shape index (κ1) is 19.4. The second-order valence-electron chi connectivity index (χ2n) is 7.05. The molecule has 1 saturated heterocycles. The van der Waals surface area contributed by atoms with Crippen LogP contribution in [0.25, 0.3) is 0 Å². The Hall–Kier alpha value is -1.90. The number of carbonyl (C=O) groups is 2. The monoisotopic (exact) mass is 417 g/mol. The van der Waals surface area contributed by atoms with E-state index >= 15 is 4.39 Å². The van der Waals surface area contributed by atoms with E-state index in [9.17, 15) is 14.7 Å². The normalized spacial score (nSPS) is 24.0. The van der Waals surface area contributed by atoms with Crippen LogP contribution in [0.3, 0.4) is 0 Å². The number of alkyl halides is 1. The van der Waals surface area contributed by atoms with E-state index in [2.05, 4.69) is 20.9 Å². The molecule has 1 aromatic heterocycles. The van der Waals surface area contributed by atoms with Gasteiger partial charge in [0.25, 0.3) is 5.91 Å². The topological polar surface area (TPSA) is 106 Å². The molecule has 1 aromatic rings. The van der Waals surface area contributed by atoms with Gasteiger partial charge in [0.05, 0.1) is 6.04 Å². The maximum Gasteiger partial charge on any atom is 0.407 e. The van der Waals surface area contributed by atoms with E-state index in [0.717, 1.165) is 4.90 Å². The van der Waals surface area contributed by atoms with Crippen LogP contribution in [0.15, 0.2) is 16.7 Å². The number of pyridine rings is 1. The average molecular weight is 418 g/mol. The van der Waals surface area contributed by atoms with E-state index in [-0.39, 0.29) is 24.4 Å². The number of amides is 2. The fourth-order valence-electron chi connectivity index (χ4n) is 3.06. The zero-order valence-electron chi connectivity index (χ0n) is 14.2. The van der Waals surface area contributed by atoms with Crippen molar-refractivity contribution in [2.45, 2.75) is 45.5 Å². The fourth-order valence-corrected chi connectivity index (χ4v) is 3.40. The molecule has 1 unspecified atom stereocenters. The van der Waals surface area contributed by atoms with Crippen LogP contribution in [0.1, 0.15) is 37.6 Å². The second kappa shape index (κ2) is 7.15. The minimum Gasteiger partial charge on any atom is -0.471 e. The van der Waals surface area contributed by atoms with Crippen molar-refractivity contribution in [2.24, 2.45) is 11.1 Å². The highest BCUT2D eigenvalue weighted by molar-refractivity contribution is 9.10. The molecule has 1 fully saturated rings. The number of carbonyl (C=O) groups excluding carboxylic acids is 1. The van der Waals surface area contributed by atoms with Crippen LogP contribution < -0.4 is 10.5 Å². The zero-order valence-corrected chi connectivity index (χ0v) is 15.8. The van der Waals surface area contributed by atoms with E-state index in [1.807, 2.05) is 0 Å². The van der Waals surface area contributed by atoms with E-state index in [0.29, 0.717) is 4.47 Å². The van der Waals surface area contributed by atoms with Gasteiger partial charge in [0, 0.05) is 23.6 Å². The molecule has 0 aliphatic carbocycles. The van der Waals surface area contributed by atoms with Gasteiger partial charge in [-0.25, -0.2) is 14.2 Å². The summed E-state index contributed by atoms with van der Waals surface area (Å²) in [6.07, 6.45) is -2.10. The van der Waals surface area contributed by atoms with Crippen molar-refractivity contribution in [1.82, 2.24) is 9.88 Å². The summed E-state index contributed by atoms with van der Waals surface area (Å²) < 4.78 is 21.3. The Kier molecular flexibility index (Phi) is 5.55. The first-order valence-corrected chi connectivity index (χ1v) is 8.57. The molecule has 1 aliphatic rings. The number of carboxylic acid groups (broad SMARTS) is 1. The van der Waals surface area contributed by atoms with Gasteiger partial charge in [-0.15, -0.1) is 0 Å². The summed E-state index contributed by atoms with van der Waals surface area (Å²) in [7, 11) is 0. The molecule has 0 radical (unpaired) electrons. The predicted molar refractivity (Wildman–Crippen MR) is 92.4 cm³/mol. The Balaban J connectivity index is 2.30. The molecule has 2 heterocycles. The predicted octanol–water partition coefficient (Wildman–Crippen LogP) is 2.83. The number of aromatic nitrogens is 1. The van der Waals surface area contributed by atoms with Crippen molar-refractivity contribution in [1.29, 1.82) is 0 Å². The number of halogens is 2. The van der Waals surface area contributed by atoms with Crippen molar-refractivity contribution >= 4 is 27.9 Å². The minimum absolute atomic E-state index is 0.0366. The third-order valence-corrected chi connectivity index (χ3v) is 4.56. The quantitative estimate of drug-likeness (QED) is 0.786. The Morgan fingerprint density at radius 3 is 2.64 bits per heavy atom. The Labute approximate surface area is 153 Å². The molecule has 2 amide bonds. The standard InChI is InChI=1S/C16H21BrFN3O4/c1-16(2,3)12-11(18)10(4-5-21(12)15(23)24)25-14-9(13(19)22)6-8(17)7-20-14/h6-7,10-12H,4-5H2,1-3H3,(H2,19,22)(H,23,24)/t10-,11-,12?/m1/s1. The number of likely N-dealkylation sites (tertiary alicyclic amines) is 1. The molecule has 0 aromatic carbocycles. The Morgan fingerprint density at radius 2 is 2.12 bits per heavy atom. The van der Waals surface area contributed by atoms with Crippen LogP contribution in [-0.2, 0) is 0 Å². The summed E-state index contributed by atoms with van der Waals surface area (Å²) >= 11 is 3.19. The molecule has 9 heteroatoms. The summed E-state index contributed by atoms with van der Waals surface area (Å²) in [6.45, 7) is 5.45. The Bertz CT molecular complexity index is 680. The summed E-state index contributed by atoms with van der Waals surface area (Å²) in [4.78, 5) is 28.1. The smallest absolute Gasteiger partial charge is 0.407 e. The molecular formula is C16H21BrFN3O4. The SMILES string of the molecule is CC(C)(C)C1[C@H](F)[C@H](Oc2ncc(Br)cc2C(N)=O)CCN1C(=O)O. The molecule has 3 N–H and O–H groups in total. The van der Waals surface area contributed by atoms with E-state index in [1.54, 1.807) is 20.8 Å². The minimum atomic E-state index is -1.57. The maximum atomic E-state index is 15.1. The van der Waals surface area contributed by atoms with Crippen molar-refractivity contribution < 1.29 is 23.8 Å². The summed E-state index contributed by atoms with van der Waals surface area (Å²) in [6, 6.07) is 0.571. The number of rotatable bonds is 3. The number of hydrogen-bond donors (Lipinski definition) is 2. The van der Waals surface area contributed by atoms with E-state index < -0.39 is 35.7 Å². The van der Waals surface area contributed by atoms with Gasteiger partial charge < -0.3 is 20.5 Å². The molecule has 138 valence electrons. The molecule has 0 spiro atoms. The number of piperidine rings is 1. The third-order valence-electron chi connectivity index (χ3n) is 4.13. The number of nitrogens with two attached hydrogens (primary N) is 1. The lowest BCUT2D eigenvalue weighted by Gasteiger charge is -2.46. The summed E-state index contributed by atoms with van der Waals surface area (Å²) in [5.74, 6) is -0.797. The highest BCUT2D eigenvalue weighted by atomic mass is 79.9. The molecule has 3 atom stereocenters. The van der Waals surface area contributed by atoms with Crippen LogP contribution in [-0.4, -0.2) is 51.9 Å². The van der Waals surface area contributed by atoms with Gasteiger partial charge in [0.15, 0.2) is 6.17 Å². The first-order chi connectivity index (χ1) is 11.5. The molecule has 25 heavy (non-hydrogen) atoms. The van der Waals surface area contributed by atoms with Crippen LogP contribution >= 0.6 is 15.9 Å². The van der Waals surface area contributed by atoms with Gasteiger partial charge in [-0.1, -0.05) is 20.8 Å². The lowest BCUT2D eigenvalue weighted by atomic mass is 9.78. The van der Waals surface area contributed by atoms with Crippen LogP contribution in [0.4, 0.5) is 9.18 Å². The van der Waals surface area contributed by atoms with Gasteiger partial charge in [0.2, 0.25) is 5.88 Å². The lowest BCUT2D eigenvalue weighted by Crippen LogP contribution is -2.60. The number of ether oxygens (including phenoxy) is 1. The Morgan fingerprint density at radius 1 is 1.48 bits per heavy atom. The molecular weight excluding hydrogens is 397 g/mol. The highest BCUT2D eigenvalue weighted by Gasteiger charge is 2.47. The third kappa shape index (κ3) is 4.20. The van der Waals surface area contributed by atoms with Crippen LogP contribution in [0.5, 0.6) is 5.88 Å². The molecule has 2 rings (SSSR count). The van der Waals surface area contributed by atoms with E-state index in [4.69, 9.17) is 10.5 Å². The largest absolute Gasteiger partial charge is 0.471 e. The van der Waals surface area contributed by atoms with Gasteiger partial charge in [-0.3, -0.25) is 4.79 Å². The number of nitrogens with zero attached hydrogens (tertiary/aromatic N) is 2. The lowest BCUT2D eigenvalue weighted by molar-refractivity contribution is -0.0526. The van der Waals surface area contributed by atoms with Gasteiger partial charge in [-0.05, 0) is 27.4 Å². The molecule has 7 nitrogen and oxygen atoms in total. The van der Waals surface area contributed by atoms with Gasteiger partial charge in [0.1, 0.15) is 11.7 Å². The highest BCUT2D eigenvalue weighted by Crippen LogP contribution is 2.36. The van der Waals surface area contributed by atoms with Gasteiger partial charge in [-0.2, -0.15) is 0 Å².